The highest BCUT2D eigenvalue weighted by Crippen LogP contribution is 2.34. The van der Waals surface area contributed by atoms with Crippen LogP contribution in [0, 0.1) is 0 Å². The maximum Gasteiger partial charge on any atom is 0.266 e. The first-order valence-corrected chi connectivity index (χ1v) is 11.2. The molecule has 0 N–H and O–H groups in total. The van der Waals surface area contributed by atoms with Crippen LogP contribution in [0.15, 0.2) is 71.8 Å². The third-order valence-electron chi connectivity index (χ3n) is 4.87. The van der Waals surface area contributed by atoms with E-state index in [1.54, 1.807) is 68.5 Å². The fraction of sp³-hybridized carbons (Fsp3) is 0.259. The second-order valence-electron chi connectivity index (χ2n) is 7.07. The molecule has 2 aliphatic rings. The summed E-state index contributed by atoms with van der Waals surface area (Å²) >= 11 is 0. The Bertz CT molecular complexity index is 1080. The van der Waals surface area contributed by atoms with Crippen molar-refractivity contribution in [1.82, 2.24) is 0 Å². The predicted molar refractivity (Wildman–Crippen MR) is 131 cm³/mol. The van der Waals surface area contributed by atoms with Gasteiger partial charge in [0.05, 0.1) is 22.5 Å². The van der Waals surface area contributed by atoms with Crippen molar-refractivity contribution < 1.29 is 19.2 Å². The predicted octanol–water partition coefficient (Wildman–Crippen LogP) is 5.70. The van der Waals surface area contributed by atoms with Gasteiger partial charge in [0.2, 0.25) is 0 Å². The van der Waals surface area contributed by atoms with Crippen LogP contribution in [-0.4, -0.2) is 23.6 Å². The number of anilines is 2. The number of carbonyl (C=O) groups excluding carboxylic acids is 4. The average Bonchev–Trinajstić information content (AvgIpc) is 3.24. The second kappa shape index (κ2) is 11.2. The molecule has 0 aliphatic carbocycles. The third-order valence-corrected chi connectivity index (χ3v) is 4.87. The normalized spacial score (nSPS) is 17.2. The van der Waals surface area contributed by atoms with Crippen molar-refractivity contribution in [1.29, 1.82) is 0 Å². The summed E-state index contributed by atoms with van der Waals surface area (Å²) in [5, 5.41) is 0. The Hall–Kier alpha value is -3.80. The monoisotopic (exact) mass is 446 g/mol. The lowest BCUT2D eigenvalue weighted by Crippen LogP contribution is -2.31. The SMILES string of the molecule is C/C=C1/C(=O)N(c2cccc(N3C(=O)c4ccccc4C3=O)c2)C(=O)/C1=C/C.CC.CCC. The van der Waals surface area contributed by atoms with Crippen molar-refractivity contribution in [2.24, 2.45) is 0 Å². The van der Waals surface area contributed by atoms with Gasteiger partial charge in [-0.2, -0.15) is 0 Å². The molecule has 6 nitrogen and oxygen atoms in total. The van der Waals surface area contributed by atoms with Crippen molar-refractivity contribution in [2.75, 3.05) is 9.80 Å². The molecule has 2 aromatic rings. The summed E-state index contributed by atoms with van der Waals surface area (Å²) in [4.78, 5) is 52.9. The van der Waals surface area contributed by atoms with Gasteiger partial charge in [-0.3, -0.25) is 19.2 Å². The highest BCUT2D eigenvalue weighted by atomic mass is 16.2. The standard InChI is InChI=1S/C22H16N2O4.C3H8.C2H6/c1-3-15-16(4-2)20(26)23(19(15)25)13-8-7-9-14(12-13)24-21(27)17-10-5-6-11-18(17)22(24)28;1-3-2;1-2/h3-12H,1-2H3;3H2,1-2H3;1-2H3/b15-3+,16-4+;;. The van der Waals surface area contributed by atoms with E-state index in [0.29, 0.717) is 33.6 Å². The fourth-order valence-electron chi connectivity index (χ4n) is 3.55. The molecule has 0 saturated carbocycles. The van der Waals surface area contributed by atoms with E-state index in [1.807, 2.05) is 13.8 Å². The van der Waals surface area contributed by atoms with Crippen LogP contribution in [0.25, 0.3) is 0 Å². The Morgan fingerprint density at radius 3 is 1.36 bits per heavy atom. The van der Waals surface area contributed by atoms with Gasteiger partial charge < -0.3 is 0 Å². The molecule has 33 heavy (non-hydrogen) atoms. The number of hydrogen-bond acceptors (Lipinski definition) is 4. The Balaban J connectivity index is 0.000000714. The van der Waals surface area contributed by atoms with Gasteiger partial charge in [0.15, 0.2) is 0 Å². The molecule has 2 heterocycles. The van der Waals surface area contributed by atoms with Gasteiger partial charge >= 0.3 is 0 Å². The van der Waals surface area contributed by atoms with E-state index in [-0.39, 0.29) is 0 Å². The minimum Gasteiger partial charge on any atom is -0.268 e. The van der Waals surface area contributed by atoms with Crippen LogP contribution in [0.3, 0.4) is 0 Å². The molecule has 0 unspecified atom stereocenters. The van der Waals surface area contributed by atoms with E-state index in [4.69, 9.17) is 0 Å². The van der Waals surface area contributed by atoms with E-state index in [0.717, 1.165) is 9.80 Å². The van der Waals surface area contributed by atoms with Gasteiger partial charge in [-0.15, -0.1) is 0 Å². The van der Waals surface area contributed by atoms with Crippen LogP contribution in [0.4, 0.5) is 11.4 Å². The summed E-state index contributed by atoms with van der Waals surface area (Å²) < 4.78 is 0. The molecule has 1 saturated heterocycles. The number of rotatable bonds is 2. The zero-order valence-electron chi connectivity index (χ0n) is 20.0. The van der Waals surface area contributed by atoms with Crippen molar-refractivity contribution >= 4 is 35.0 Å². The van der Waals surface area contributed by atoms with Crippen molar-refractivity contribution in [3.63, 3.8) is 0 Å². The van der Waals surface area contributed by atoms with Crippen molar-refractivity contribution in [3.05, 3.63) is 83.0 Å². The molecule has 2 aromatic carbocycles. The van der Waals surface area contributed by atoms with Gasteiger partial charge in [0.25, 0.3) is 23.6 Å². The van der Waals surface area contributed by atoms with Crippen LogP contribution >= 0.6 is 0 Å². The number of carbonyl (C=O) groups is 4. The van der Waals surface area contributed by atoms with Crippen LogP contribution < -0.4 is 9.80 Å². The van der Waals surface area contributed by atoms with Crippen LogP contribution in [0.5, 0.6) is 0 Å². The number of imide groups is 2. The van der Waals surface area contributed by atoms with Crippen LogP contribution in [-0.2, 0) is 9.59 Å². The summed E-state index contributed by atoms with van der Waals surface area (Å²) in [6, 6.07) is 12.9. The summed E-state index contributed by atoms with van der Waals surface area (Å²) in [6.07, 6.45) is 4.45. The van der Waals surface area contributed by atoms with E-state index in [2.05, 4.69) is 13.8 Å². The number of amides is 4. The van der Waals surface area contributed by atoms with E-state index >= 15 is 0 Å². The fourth-order valence-corrected chi connectivity index (χ4v) is 3.55. The van der Waals surface area contributed by atoms with Gasteiger partial charge in [0, 0.05) is 11.1 Å². The first kappa shape index (κ1) is 25.5. The first-order valence-electron chi connectivity index (χ1n) is 11.2. The van der Waals surface area contributed by atoms with Crippen LogP contribution in [0.2, 0.25) is 0 Å². The highest BCUT2D eigenvalue weighted by molar-refractivity contribution is 6.37. The lowest BCUT2D eigenvalue weighted by atomic mass is 10.1. The molecule has 0 aromatic heterocycles. The Kier molecular flexibility index (Phi) is 8.63. The Morgan fingerprint density at radius 2 is 1.00 bits per heavy atom. The minimum absolute atomic E-state index is 0.306. The molecule has 2 aliphatic heterocycles. The molecule has 0 bridgehead atoms. The summed E-state index contributed by atoms with van der Waals surface area (Å²) in [5.41, 5.74) is 1.94. The molecule has 0 radical (unpaired) electrons. The largest absolute Gasteiger partial charge is 0.268 e. The molecular formula is C27H30N2O4. The number of hydrogen-bond donors (Lipinski definition) is 0. The van der Waals surface area contributed by atoms with Gasteiger partial charge in [-0.25, -0.2) is 9.80 Å². The minimum atomic E-state index is -0.430. The Morgan fingerprint density at radius 1 is 0.636 bits per heavy atom. The molecule has 4 amide bonds. The van der Waals surface area contributed by atoms with Crippen molar-refractivity contribution in [2.45, 2.75) is 48.0 Å². The van der Waals surface area contributed by atoms with Gasteiger partial charge in [-0.05, 0) is 44.2 Å². The average molecular weight is 447 g/mol. The summed E-state index contributed by atoms with van der Waals surface area (Å²) in [7, 11) is 0. The quantitative estimate of drug-likeness (QED) is 0.438. The van der Waals surface area contributed by atoms with Gasteiger partial charge in [-0.1, -0.05) is 64.5 Å². The number of allylic oxidation sites excluding steroid dienone is 2. The molecule has 0 spiro atoms. The molecule has 172 valence electrons. The highest BCUT2D eigenvalue weighted by Gasteiger charge is 2.40. The molecule has 4 rings (SSSR count). The van der Waals surface area contributed by atoms with Gasteiger partial charge in [0.1, 0.15) is 0 Å². The maximum atomic E-state index is 12.7. The molecule has 0 atom stereocenters. The summed E-state index contributed by atoms with van der Waals surface area (Å²) in [6.45, 7) is 11.6. The first-order chi connectivity index (χ1) is 15.9. The topological polar surface area (TPSA) is 74.8 Å². The lowest BCUT2D eigenvalue weighted by Gasteiger charge is -2.18. The molecule has 1 fully saturated rings. The van der Waals surface area contributed by atoms with E-state index in [9.17, 15) is 19.2 Å². The van der Waals surface area contributed by atoms with Crippen LogP contribution in [0.1, 0.15) is 68.7 Å². The zero-order chi connectivity index (χ0) is 24.7. The lowest BCUT2D eigenvalue weighted by molar-refractivity contribution is -0.119. The Labute approximate surface area is 195 Å². The molecule has 6 heteroatoms. The third kappa shape index (κ3) is 4.55. The zero-order valence-corrected chi connectivity index (χ0v) is 20.0. The smallest absolute Gasteiger partial charge is 0.266 e. The second-order valence-corrected chi connectivity index (χ2v) is 7.07. The summed E-state index contributed by atoms with van der Waals surface area (Å²) in [5.74, 6) is -1.72. The van der Waals surface area contributed by atoms with E-state index in [1.165, 1.54) is 12.5 Å². The number of benzene rings is 2. The number of nitrogens with zero attached hydrogens (tertiary/aromatic N) is 2. The number of fused-ring (bicyclic) bond motifs is 1. The van der Waals surface area contributed by atoms with E-state index < -0.39 is 23.6 Å². The molecular weight excluding hydrogens is 416 g/mol. The maximum absolute atomic E-state index is 12.7. The van der Waals surface area contributed by atoms with Crippen molar-refractivity contribution in [3.8, 4) is 0 Å².